The quantitative estimate of drug-likeness (QED) is 0.177. The van der Waals surface area contributed by atoms with Gasteiger partial charge in [0.1, 0.15) is 22.7 Å². The van der Waals surface area contributed by atoms with E-state index >= 15 is 0 Å². The fourth-order valence-electron chi connectivity index (χ4n) is 12.3. The van der Waals surface area contributed by atoms with Crippen molar-refractivity contribution < 1.29 is 9.15 Å². The number of hydrogen-bond donors (Lipinski definition) is 0. The first kappa shape index (κ1) is 36.3. The second-order valence-electron chi connectivity index (χ2n) is 17.8. The van der Waals surface area contributed by atoms with Crippen LogP contribution < -0.4 is 9.64 Å². The number of fused-ring (bicyclic) bond motifs is 21. The summed E-state index contributed by atoms with van der Waals surface area (Å²) >= 11 is 1.87. The highest BCUT2D eigenvalue weighted by Gasteiger charge is 2.52. The van der Waals surface area contributed by atoms with Gasteiger partial charge in [0.2, 0.25) is 0 Å². The molecule has 2 aliphatic heterocycles. The molecule has 0 saturated heterocycles. The van der Waals surface area contributed by atoms with Gasteiger partial charge in [-0.2, -0.15) is 0 Å². The molecule has 0 bridgehead atoms. The van der Waals surface area contributed by atoms with Gasteiger partial charge in [-0.15, -0.1) is 0 Å². The standard InChI is InChI=1S/C62H37NO2S/c1-6-21-45-40(16-1)41-17-2-7-22-46(41)61(45)49-25-10-13-29-55(49)65-56-34-32-38(36-51(56)61)63(53-27-15-30-57-60(53)44-20-5-12-28-54(44)64-57)39-33-35-59-52(37-39)62(50-26-11-14-31-58(50)66-59)47-23-8-3-18-42(47)43-19-4-9-24-48(43)62/h1-37H. The van der Waals surface area contributed by atoms with Crippen molar-refractivity contribution in [3.05, 3.63) is 269 Å². The molecule has 1 aromatic heterocycles. The summed E-state index contributed by atoms with van der Waals surface area (Å²) in [7, 11) is 0. The highest BCUT2D eigenvalue weighted by Crippen LogP contribution is 2.65. The highest BCUT2D eigenvalue weighted by atomic mass is 32.2. The summed E-state index contributed by atoms with van der Waals surface area (Å²) < 4.78 is 13.6. The van der Waals surface area contributed by atoms with E-state index in [1.165, 1.54) is 65.4 Å². The van der Waals surface area contributed by atoms with Gasteiger partial charge in [-0.3, -0.25) is 0 Å². The van der Waals surface area contributed by atoms with Crippen LogP contribution in [0.25, 0.3) is 44.2 Å². The lowest BCUT2D eigenvalue weighted by atomic mass is 9.66. The Hall–Kier alpha value is -8.05. The minimum Gasteiger partial charge on any atom is -0.457 e. The van der Waals surface area contributed by atoms with Crippen LogP contribution in [0.15, 0.2) is 239 Å². The van der Waals surface area contributed by atoms with Gasteiger partial charge in [0.25, 0.3) is 0 Å². The summed E-state index contributed by atoms with van der Waals surface area (Å²) in [6.07, 6.45) is 0. The Morgan fingerprint density at radius 1 is 0.348 bits per heavy atom. The largest absolute Gasteiger partial charge is 0.457 e. The van der Waals surface area contributed by atoms with Crippen molar-refractivity contribution in [2.45, 2.75) is 20.6 Å². The summed E-state index contributed by atoms with van der Waals surface area (Å²) in [5.41, 5.74) is 18.8. The van der Waals surface area contributed by atoms with Crippen LogP contribution in [0.1, 0.15) is 44.5 Å². The molecular weight excluding hydrogens is 823 g/mol. The number of rotatable bonds is 3. The van der Waals surface area contributed by atoms with E-state index < -0.39 is 10.8 Å². The molecule has 4 heteroatoms. The number of furan rings is 1. The van der Waals surface area contributed by atoms with E-state index in [0.717, 1.165) is 61.6 Å². The smallest absolute Gasteiger partial charge is 0.137 e. The third-order valence-corrected chi connectivity index (χ3v) is 16.0. The molecule has 0 saturated carbocycles. The maximum Gasteiger partial charge on any atom is 0.137 e. The summed E-state index contributed by atoms with van der Waals surface area (Å²) in [5, 5.41) is 2.15. The predicted octanol–water partition coefficient (Wildman–Crippen LogP) is 16.4. The van der Waals surface area contributed by atoms with E-state index in [1.807, 2.05) is 11.8 Å². The fourth-order valence-corrected chi connectivity index (χ4v) is 13.5. The number of para-hydroxylation sites is 2. The zero-order valence-electron chi connectivity index (χ0n) is 35.5. The van der Waals surface area contributed by atoms with E-state index in [0.29, 0.717) is 0 Å². The van der Waals surface area contributed by atoms with Crippen molar-refractivity contribution >= 4 is 50.8 Å². The average molecular weight is 860 g/mol. The second-order valence-corrected chi connectivity index (χ2v) is 18.9. The molecule has 15 rings (SSSR count). The van der Waals surface area contributed by atoms with Crippen molar-refractivity contribution in [2.24, 2.45) is 0 Å². The Bertz CT molecular complexity index is 3590. The first-order chi connectivity index (χ1) is 32.7. The minimum absolute atomic E-state index is 0.533. The van der Waals surface area contributed by atoms with Crippen molar-refractivity contribution in [2.75, 3.05) is 4.90 Å². The van der Waals surface area contributed by atoms with Gasteiger partial charge in [-0.1, -0.05) is 169 Å². The number of anilines is 3. The molecule has 0 fully saturated rings. The number of nitrogens with zero attached hydrogens (tertiary/aromatic N) is 1. The molecule has 10 aromatic carbocycles. The normalized spacial score (nSPS) is 14.7. The SMILES string of the molecule is c1ccc2c(c1)Oc1ccc(N(c3ccc4c(c3)C3(c5ccccc5S4)c4ccccc4-c4ccccc43)c3cccc4oc5ccccc5c34)cc1C21c2ccccc2-c2ccccc21. The summed E-state index contributed by atoms with van der Waals surface area (Å²) in [5.74, 6) is 1.73. The maximum absolute atomic E-state index is 6.96. The molecule has 4 aliphatic rings. The predicted molar refractivity (Wildman–Crippen MR) is 267 cm³/mol. The van der Waals surface area contributed by atoms with Crippen LogP contribution in [0.3, 0.4) is 0 Å². The zero-order valence-corrected chi connectivity index (χ0v) is 36.4. The second kappa shape index (κ2) is 13.3. The number of ether oxygens (including phenoxy) is 1. The van der Waals surface area contributed by atoms with E-state index in [1.54, 1.807) is 0 Å². The van der Waals surface area contributed by atoms with E-state index in [2.05, 4.69) is 229 Å². The lowest BCUT2D eigenvalue weighted by Crippen LogP contribution is -2.32. The number of benzene rings is 10. The molecule has 0 N–H and O–H groups in total. The van der Waals surface area contributed by atoms with Gasteiger partial charge in [0, 0.05) is 37.7 Å². The summed E-state index contributed by atoms with van der Waals surface area (Å²) in [4.78, 5) is 5.01. The van der Waals surface area contributed by atoms with Crippen LogP contribution in [-0.2, 0) is 10.8 Å². The lowest BCUT2D eigenvalue weighted by molar-refractivity contribution is 0.436. The van der Waals surface area contributed by atoms with Crippen LogP contribution in [0, 0.1) is 0 Å². The molecule has 3 nitrogen and oxygen atoms in total. The van der Waals surface area contributed by atoms with Gasteiger partial charge in [-0.05, 0) is 122 Å². The van der Waals surface area contributed by atoms with Gasteiger partial charge < -0.3 is 14.1 Å². The Morgan fingerprint density at radius 2 is 0.833 bits per heavy atom. The first-order valence-corrected chi connectivity index (χ1v) is 23.5. The van der Waals surface area contributed by atoms with Crippen molar-refractivity contribution in [1.82, 2.24) is 0 Å². The van der Waals surface area contributed by atoms with Gasteiger partial charge in [0.15, 0.2) is 0 Å². The van der Waals surface area contributed by atoms with Crippen LogP contribution in [0.4, 0.5) is 17.1 Å². The van der Waals surface area contributed by atoms with Gasteiger partial charge in [0.05, 0.1) is 21.9 Å². The van der Waals surface area contributed by atoms with E-state index in [-0.39, 0.29) is 0 Å². The topological polar surface area (TPSA) is 25.6 Å². The molecule has 2 aliphatic carbocycles. The average Bonchev–Trinajstić information content (AvgIpc) is 4.01. The van der Waals surface area contributed by atoms with Crippen LogP contribution in [0.5, 0.6) is 11.5 Å². The fraction of sp³-hybridized carbons (Fsp3) is 0.0323. The van der Waals surface area contributed by atoms with Crippen molar-refractivity contribution in [1.29, 1.82) is 0 Å². The lowest BCUT2D eigenvalue weighted by Gasteiger charge is -2.41. The first-order valence-electron chi connectivity index (χ1n) is 22.7. The molecule has 0 amide bonds. The molecule has 2 spiro atoms. The van der Waals surface area contributed by atoms with Crippen LogP contribution >= 0.6 is 11.8 Å². The summed E-state index contributed by atoms with van der Waals surface area (Å²) in [6.45, 7) is 0. The molecule has 3 heterocycles. The molecule has 0 radical (unpaired) electrons. The minimum atomic E-state index is -0.620. The molecule has 0 unspecified atom stereocenters. The highest BCUT2D eigenvalue weighted by molar-refractivity contribution is 7.99. The Kier molecular flexibility index (Phi) is 7.29. The van der Waals surface area contributed by atoms with Crippen molar-refractivity contribution in [3.63, 3.8) is 0 Å². The third-order valence-electron chi connectivity index (χ3n) is 14.8. The molecule has 66 heavy (non-hydrogen) atoms. The molecule has 308 valence electrons. The molecule has 0 atom stereocenters. The Balaban J connectivity index is 1.04. The molecule has 11 aromatic rings. The maximum atomic E-state index is 6.96. The van der Waals surface area contributed by atoms with Crippen LogP contribution in [0.2, 0.25) is 0 Å². The van der Waals surface area contributed by atoms with Gasteiger partial charge in [-0.25, -0.2) is 0 Å². The zero-order chi connectivity index (χ0) is 43.1. The number of hydrogen-bond acceptors (Lipinski definition) is 4. The van der Waals surface area contributed by atoms with E-state index in [9.17, 15) is 0 Å². The van der Waals surface area contributed by atoms with E-state index in [4.69, 9.17) is 9.15 Å². The van der Waals surface area contributed by atoms with Gasteiger partial charge >= 0.3 is 0 Å². The Morgan fingerprint density at radius 3 is 1.52 bits per heavy atom. The van der Waals surface area contributed by atoms with Crippen LogP contribution in [-0.4, -0.2) is 0 Å². The summed E-state index contributed by atoms with van der Waals surface area (Å²) in [6, 6.07) is 82.5. The third kappa shape index (κ3) is 4.54. The Labute approximate surface area is 386 Å². The van der Waals surface area contributed by atoms with Crippen molar-refractivity contribution in [3.8, 4) is 33.8 Å². The monoisotopic (exact) mass is 859 g/mol. The molecular formula is C62H37NO2S.